The standard InChI is InChI=1S/C14H20ClNO2/c1-10(2)9-18-13-6-4-5-12(7-13)16-14(17)11(3)8-15/h4-7,10-11H,8-9H2,1-3H3,(H,16,17). The zero-order chi connectivity index (χ0) is 13.5. The van der Waals surface area contributed by atoms with Gasteiger partial charge in [-0.15, -0.1) is 11.6 Å². The van der Waals surface area contributed by atoms with Crippen LogP contribution in [0.25, 0.3) is 0 Å². The number of hydrogen-bond acceptors (Lipinski definition) is 2. The Balaban J connectivity index is 2.61. The molecule has 1 rings (SSSR count). The number of halogens is 1. The quantitative estimate of drug-likeness (QED) is 0.803. The minimum absolute atomic E-state index is 0.0778. The molecule has 0 saturated carbocycles. The van der Waals surface area contributed by atoms with Crippen molar-refractivity contribution in [2.75, 3.05) is 17.8 Å². The molecule has 1 amide bonds. The van der Waals surface area contributed by atoms with Crippen LogP contribution in [-0.4, -0.2) is 18.4 Å². The van der Waals surface area contributed by atoms with Gasteiger partial charge in [-0.05, 0) is 18.1 Å². The first-order chi connectivity index (χ1) is 8.52. The Morgan fingerprint density at radius 3 is 2.72 bits per heavy atom. The van der Waals surface area contributed by atoms with Gasteiger partial charge in [0.25, 0.3) is 0 Å². The maximum Gasteiger partial charge on any atom is 0.228 e. The zero-order valence-corrected chi connectivity index (χ0v) is 11.8. The Kier molecular flexibility index (Phi) is 5.99. The number of benzene rings is 1. The molecular weight excluding hydrogens is 250 g/mol. The Labute approximate surface area is 113 Å². The van der Waals surface area contributed by atoms with E-state index in [2.05, 4.69) is 19.2 Å². The van der Waals surface area contributed by atoms with E-state index in [0.29, 0.717) is 18.4 Å². The van der Waals surface area contributed by atoms with Gasteiger partial charge < -0.3 is 10.1 Å². The van der Waals surface area contributed by atoms with Crippen molar-refractivity contribution in [1.29, 1.82) is 0 Å². The van der Waals surface area contributed by atoms with Gasteiger partial charge in [0.15, 0.2) is 0 Å². The molecule has 18 heavy (non-hydrogen) atoms. The summed E-state index contributed by atoms with van der Waals surface area (Å²) < 4.78 is 5.60. The molecule has 100 valence electrons. The van der Waals surface area contributed by atoms with Gasteiger partial charge >= 0.3 is 0 Å². The lowest BCUT2D eigenvalue weighted by atomic mass is 10.2. The van der Waals surface area contributed by atoms with E-state index < -0.39 is 0 Å². The Morgan fingerprint density at radius 2 is 2.11 bits per heavy atom. The highest BCUT2D eigenvalue weighted by atomic mass is 35.5. The monoisotopic (exact) mass is 269 g/mol. The predicted octanol–water partition coefficient (Wildman–Crippen LogP) is 3.53. The molecule has 3 nitrogen and oxygen atoms in total. The molecule has 0 fully saturated rings. The molecule has 0 aliphatic rings. The highest BCUT2D eigenvalue weighted by Crippen LogP contribution is 2.18. The van der Waals surface area contributed by atoms with E-state index in [1.54, 1.807) is 6.92 Å². The number of ether oxygens (including phenoxy) is 1. The summed E-state index contributed by atoms with van der Waals surface area (Å²) in [5.41, 5.74) is 0.734. The third kappa shape index (κ3) is 4.96. The smallest absolute Gasteiger partial charge is 0.228 e. The van der Waals surface area contributed by atoms with E-state index >= 15 is 0 Å². The number of carbonyl (C=O) groups excluding carboxylic acids is 1. The summed E-state index contributed by atoms with van der Waals surface area (Å²) in [6.45, 7) is 6.64. The number of anilines is 1. The first-order valence-corrected chi connectivity index (χ1v) is 6.66. The van der Waals surface area contributed by atoms with Crippen molar-refractivity contribution in [2.45, 2.75) is 20.8 Å². The molecule has 0 heterocycles. The molecule has 1 aromatic rings. The summed E-state index contributed by atoms with van der Waals surface area (Å²) in [7, 11) is 0. The molecule has 0 aliphatic heterocycles. The topological polar surface area (TPSA) is 38.3 Å². The molecule has 0 aromatic heterocycles. The van der Waals surface area contributed by atoms with Crippen LogP contribution in [-0.2, 0) is 4.79 Å². The first kappa shape index (κ1) is 14.8. The summed E-state index contributed by atoms with van der Waals surface area (Å²) in [6.07, 6.45) is 0. The average Bonchev–Trinajstić information content (AvgIpc) is 2.35. The molecule has 0 aliphatic carbocycles. The van der Waals surface area contributed by atoms with E-state index in [0.717, 1.165) is 11.4 Å². The van der Waals surface area contributed by atoms with Gasteiger partial charge in [-0.2, -0.15) is 0 Å². The molecule has 0 radical (unpaired) electrons. The lowest BCUT2D eigenvalue weighted by Gasteiger charge is -2.12. The van der Waals surface area contributed by atoms with Crippen molar-refractivity contribution in [3.05, 3.63) is 24.3 Å². The Bertz CT molecular complexity index is 393. The fourth-order valence-electron chi connectivity index (χ4n) is 1.26. The van der Waals surface area contributed by atoms with Crippen LogP contribution in [0.1, 0.15) is 20.8 Å². The number of carbonyl (C=O) groups is 1. The molecule has 0 saturated heterocycles. The molecule has 1 aromatic carbocycles. The number of alkyl halides is 1. The van der Waals surface area contributed by atoms with Gasteiger partial charge in [0.05, 0.1) is 6.61 Å². The van der Waals surface area contributed by atoms with Crippen LogP contribution in [0, 0.1) is 11.8 Å². The van der Waals surface area contributed by atoms with Crippen LogP contribution < -0.4 is 10.1 Å². The SMILES string of the molecule is CC(C)COc1cccc(NC(=O)C(C)CCl)c1. The normalized spacial score (nSPS) is 12.3. The lowest BCUT2D eigenvalue weighted by molar-refractivity contribution is -0.118. The summed E-state index contributed by atoms with van der Waals surface area (Å²) in [6, 6.07) is 7.39. The van der Waals surface area contributed by atoms with Crippen LogP contribution in [0.15, 0.2) is 24.3 Å². The molecule has 0 spiro atoms. The third-order valence-electron chi connectivity index (χ3n) is 2.36. The van der Waals surface area contributed by atoms with Crippen molar-refractivity contribution in [3.63, 3.8) is 0 Å². The summed E-state index contributed by atoms with van der Waals surface area (Å²) >= 11 is 5.64. The summed E-state index contributed by atoms with van der Waals surface area (Å²) in [5.74, 6) is 1.27. The highest BCUT2D eigenvalue weighted by Gasteiger charge is 2.11. The van der Waals surface area contributed by atoms with Gasteiger partial charge in [-0.25, -0.2) is 0 Å². The highest BCUT2D eigenvalue weighted by molar-refractivity contribution is 6.19. The van der Waals surface area contributed by atoms with Gasteiger partial charge in [-0.1, -0.05) is 26.8 Å². The predicted molar refractivity (Wildman–Crippen MR) is 75.3 cm³/mol. The van der Waals surface area contributed by atoms with E-state index in [4.69, 9.17) is 16.3 Å². The lowest BCUT2D eigenvalue weighted by Crippen LogP contribution is -2.21. The molecular formula is C14H20ClNO2. The van der Waals surface area contributed by atoms with E-state index in [1.807, 2.05) is 24.3 Å². The molecule has 4 heteroatoms. The van der Waals surface area contributed by atoms with Crippen LogP contribution in [0.2, 0.25) is 0 Å². The fourth-order valence-corrected chi connectivity index (χ4v) is 1.40. The molecule has 1 atom stereocenters. The molecule has 0 bridgehead atoms. The minimum atomic E-state index is -0.202. The molecule has 1 N–H and O–H groups in total. The van der Waals surface area contributed by atoms with Gasteiger partial charge in [0.2, 0.25) is 5.91 Å². The summed E-state index contributed by atoms with van der Waals surface area (Å²) in [4.78, 5) is 11.7. The maximum atomic E-state index is 11.7. The third-order valence-corrected chi connectivity index (χ3v) is 2.83. The number of hydrogen-bond donors (Lipinski definition) is 1. The van der Waals surface area contributed by atoms with Crippen molar-refractivity contribution < 1.29 is 9.53 Å². The van der Waals surface area contributed by atoms with Crippen LogP contribution in [0.3, 0.4) is 0 Å². The fraction of sp³-hybridized carbons (Fsp3) is 0.500. The van der Waals surface area contributed by atoms with Crippen molar-refractivity contribution in [2.24, 2.45) is 11.8 Å². The van der Waals surface area contributed by atoms with E-state index in [9.17, 15) is 4.79 Å². The summed E-state index contributed by atoms with van der Waals surface area (Å²) in [5, 5.41) is 2.82. The molecule has 1 unspecified atom stereocenters. The second-order valence-electron chi connectivity index (χ2n) is 4.78. The number of amides is 1. The number of nitrogens with one attached hydrogen (secondary N) is 1. The second kappa shape index (κ2) is 7.27. The first-order valence-electron chi connectivity index (χ1n) is 6.12. The van der Waals surface area contributed by atoms with Crippen LogP contribution in [0.5, 0.6) is 5.75 Å². The largest absolute Gasteiger partial charge is 0.493 e. The Hall–Kier alpha value is -1.22. The van der Waals surface area contributed by atoms with Gasteiger partial charge in [0.1, 0.15) is 5.75 Å². The zero-order valence-electron chi connectivity index (χ0n) is 11.1. The second-order valence-corrected chi connectivity index (χ2v) is 5.09. The van der Waals surface area contributed by atoms with Crippen LogP contribution in [0.4, 0.5) is 5.69 Å². The van der Waals surface area contributed by atoms with E-state index in [1.165, 1.54) is 0 Å². The average molecular weight is 270 g/mol. The maximum absolute atomic E-state index is 11.7. The van der Waals surface area contributed by atoms with Gasteiger partial charge in [0, 0.05) is 23.6 Å². The van der Waals surface area contributed by atoms with Crippen molar-refractivity contribution >= 4 is 23.2 Å². The van der Waals surface area contributed by atoms with Crippen LogP contribution >= 0.6 is 11.6 Å². The van der Waals surface area contributed by atoms with E-state index in [-0.39, 0.29) is 11.8 Å². The minimum Gasteiger partial charge on any atom is -0.493 e. The van der Waals surface area contributed by atoms with Crippen molar-refractivity contribution in [3.8, 4) is 5.75 Å². The Morgan fingerprint density at radius 1 is 1.39 bits per heavy atom. The van der Waals surface area contributed by atoms with Gasteiger partial charge in [-0.3, -0.25) is 4.79 Å². The number of rotatable bonds is 6. The van der Waals surface area contributed by atoms with Crippen molar-refractivity contribution in [1.82, 2.24) is 0 Å².